The van der Waals surface area contributed by atoms with Crippen molar-refractivity contribution in [2.45, 2.75) is 249 Å². The summed E-state index contributed by atoms with van der Waals surface area (Å²) in [4.78, 5) is 33.0. The highest BCUT2D eigenvalue weighted by molar-refractivity contribution is 7.25. The molecule has 8 aromatic carbocycles. The van der Waals surface area contributed by atoms with Crippen molar-refractivity contribution in [3.8, 4) is 135 Å². The van der Waals surface area contributed by atoms with Crippen LogP contribution in [0.1, 0.15) is 241 Å². The third-order valence-electron chi connectivity index (χ3n) is 26.0. The Morgan fingerprint density at radius 2 is 0.674 bits per heavy atom. The number of nitrogens with zero attached hydrogens (tertiary/aromatic N) is 4. The van der Waals surface area contributed by atoms with Crippen molar-refractivity contribution in [2.75, 3.05) is 19.8 Å². The van der Waals surface area contributed by atoms with Gasteiger partial charge in [-0.2, -0.15) is 0 Å². The summed E-state index contributed by atoms with van der Waals surface area (Å²) in [7, 11) is 0. The fourth-order valence-corrected chi connectivity index (χ4v) is 26.2. The summed E-state index contributed by atoms with van der Waals surface area (Å²) in [5.41, 5.74) is 16.7. The van der Waals surface area contributed by atoms with Crippen LogP contribution in [0, 0.1) is 44.2 Å². The van der Waals surface area contributed by atoms with Gasteiger partial charge in [-0.15, -0.1) is 68.0 Å². The summed E-state index contributed by atoms with van der Waals surface area (Å²) in [6, 6.07) is 62.4. The minimum atomic E-state index is -0.923. The second kappa shape index (κ2) is 46.0. The number of unbranched alkanes of at least 4 members (excludes halogenated alkanes) is 17. The Morgan fingerprint density at radius 3 is 1.10 bits per heavy atom. The van der Waals surface area contributed by atoms with E-state index in [4.69, 9.17) is 57.3 Å². The van der Waals surface area contributed by atoms with Gasteiger partial charge in [-0.1, -0.05) is 304 Å². The summed E-state index contributed by atoms with van der Waals surface area (Å²) >= 11 is 25.3. The quantitative estimate of drug-likeness (QED) is 0.0352. The van der Waals surface area contributed by atoms with Crippen LogP contribution in [0.2, 0.25) is 10.0 Å². The second-order valence-electron chi connectivity index (χ2n) is 36.0. The first-order chi connectivity index (χ1) is 64.5. The fraction of sp³-hybridized carbons (Fsp3) is 0.374. The maximum absolute atomic E-state index is 17.8. The van der Waals surface area contributed by atoms with E-state index in [1.54, 1.807) is 23.5 Å². The molecule has 7 nitrogen and oxygen atoms in total. The number of hydrogen-bond donors (Lipinski definition) is 0. The lowest BCUT2D eigenvalue weighted by molar-refractivity contribution is 0.304. The predicted octanol–water partition coefficient (Wildman–Crippen LogP) is 38.8. The zero-order chi connectivity index (χ0) is 91.7. The molecule has 17 heteroatoms. The van der Waals surface area contributed by atoms with Crippen LogP contribution in [0.3, 0.4) is 0 Å². The van der Waals surface area contributed by atoms with Crippen molar-refractivity contribution in [3.05, 3.63) is 229 Å². The summed E-state index contributed by atoms with van der Waals surface area (Å²) < 4.78 is 57.5. The van der Waals surface area contributed by atoms with Crippen LogP contribution in [0.4, 0.5) is 8.78 Å². The molecule has 0 fully saturated rings. The first-order valence-electron chi connectivity index (χ1n) is 48.7. The molecular formula is C115H124Cl2F2N4O3S6. The lowest BCUT2D eigenvalue weighted by Crippen LogP contribution is -2.02. The van der Waals surface area contributed by atoms with Crippen LogP contribution in [0.15, 0.2) is 182 Å². The average Bonchev–Trinajstić information content (AvgIpc) is 1.52. The molecule has 0 aliphatic carbocycles. The van der Waals surface area contributed by atoms with Crippen molar-refractivity contribution in [2.24, 2.45) is 11.8 Å². The van der Waals surface area contributed by atoms with E-state index < -0.39 is 11.6 Å². The zero-order valence-corrected chi connectivity index (χ0v) is 84.8. The largest absolute Gasteiger partial charge is 0.494 e. The molecule has 16 rings (SSSR count). The molecule has 0 amide bonds. The van der Waals surface area contributed by atoms with Crippen LogP contribution < -0.4 is 14.2 Å². The number of ether oxygens (including phenoxy) is 3. The Morgan fingerprint density at radius 1 is 0.318 bits per heavy atom. The SMILES string of the molecule is CCCCCCCCOc1cccc(-c2nc3c(C)ccc(-c4ccc(-c5ccc(-c6ccc(-c7ccc(-c8cc9c(-c%10cc(Cl)c(CC(CC)CCCC)s%10)c%10sc(C)cc%10c(-c%10cc(Cl)c(CC(CC)CCCC)s%10)c9s8)c8nc(-c9cccc(OCCCCCCCC)c9)c(-c9cccc(OCCCCCCCC)c9)nc78)s6)c(F)c5F)s4)c3nc2-c2cccc(C)c2)c1. The molecule has 686 valence electrons. The number of halogens is 4. The normalized spacial score (nSPS) is 12.3. The van der Waals surface area contributed by atoms with Gasteiger partial charge in [-0.05, 0) is 173 Å². The number of benzene rings is 8. The molecule has 0 N–H and O–H groups in total. The van der Waals surface area contributed by atoms with Crippen LogP contribution in [0.25, 0.3) is 160 Å². The average molecular weight is 1910 g/mol. The zero-order valence-electron chi connectivity index (χ0n) is 78.4. The van der Waals surface area contributed by atoms with Crippen molar-refractivity contribution in [1.82, 2.24) is 19.9 Å². The third kappa shape index (κ3) is 22.4. The molecule has 0 bridgehead atoms. The Bertz CT molecular complexity index is 6530. The van der Waals surface area contributed by atoms with Gasteiger partial charge in [0.05, 0.1) is 74.7 Å². The lowest BCUT2D eigenvalue weighted by Gasteiger charge is -2.16. The molecule has 0 saturated carbocycles. The number of fused-ring (bicyclic) bond motifs is 4. The highest BCUT2D eigenvalue weighted by atomic mass is 35.5. The molecule has 2 atom stereocenters. The molecule has 0 saturated heterocycles. The van der Waals surface area contributed by atoms with Gasteiger partial charge in [0.15, 0.2) is 11.6 Å². The predicted molar refractivity (Wildman–Crippen MR) is 569 cm³/mol. The second-order valence-corrected chi connectivity index (χ2v) is 43.5. The molecule has 8 heterocycles. The maximum atomic E-state index is 17.8. The number of thiophene rings is 6. The summed E-state index contributed by atoms with van der Waals surface area (Å²) in [5, 5.41) is 4.03. The molecule has 16 aromatic rings. The molecular weight excluding hydrogens is 1790 g/mol. The topological polar surface area (TPSA) is 79.3 Å². The van der Waals surface area contributed by atoms with Gasteiger partial charge in [-0.3, -0.25) is 0 Å². The van der Waals surface area contributed by atoms with Gasteiger partial charge in [0, 0.05) is 130 Å². The van der Waals surface area contributed by atoms with E-state index in [0.29, 0.717) is 63.8 Å². The van der Waals surface area contributed by atoms with E-state index in [0.717, 1.165) is 207 Å². The van der Waals surface area contributed by atoms with Crippen LogP contribution >= 0.6 is 91.2 Å². The van der Waals surface area contributed by atoms with E-state index in [-0.39, 0.29) is 11.1 Å². The van der Waals surface area contributed by atoms with E-state index in [9.17, 15) is 0 Å². The van der Waals surface area contributed by atoms with Crippen LogP contribution in [-0.4, -0.2) is 39.8 Å². The van der Waals surface area contributed by atoms with Gasteiger partial charge in [0.2, 0.25) is 0 Å². The highest BCUT2D eigenvalue weighted by Gasteiger charge is 2.31. The number of hydrogen-bond acceptors (Lipinski definition) is 13. The van der Waals surface area contributed by atoms with Crippen LogP contribution in [0.5, 0.6) is 17.2 Å². The van der Waals surface area contributed by atoms with Crippen molar-refractivity contribution in [1.29, 1.82) is 0 Å². The smallest absolute Gasteiger partial charge is 0.168 e. The molecule has 0 spiro atoms. The number of rotatable bonds is 47. The monoisotopic (exact) mass is 1910 g/mol. The Kier molecular flexibility index (Phi) is 33.5. The third-order valence-corrected chi connectivity index (χ3v) is 33.8. The van der Waals surface area contributed by atoms with Gasteiger partial charge >= 0.3 is 0 Å². The number of aromatic nitrogens is 4. The molecule has 0 aliphatic heterocycles. The molecule has 2 unspecified atom stereocenters. The van der Waals surface area contributed by atoms with E-state index >= 15 is 8.78 Å². The Labute approximate surface area is 814 Å². The maximum Gasteiger partial charge on any atom is 0.168 e. The first kappa shape index (κ1) is 96.1. The minimum absolute atomic E-state index is 0.165. The summed E-state index contributed by atoms with van der Waals surface area (Å²) in [5.74, 6) is 1.56. The van der Waals surface area contributed by atoms with E-state index in [2.05, 4.69) is 191 Å². The first-order valence-corrected chi connectivity index (χ1v) is 54.4. The lowest BCUT2D eigenvalue weighted by atomic mass is 9.95. The fourth-order valence-electron chi connectivity index (χ4n) is 18.5. The summed E-state index contributed by atoms with van der Waals surface area (Å²) in [6.07, 6.45) is 32.1. The van der Waals surface area contributed by atoms with Gasteiger partial charge in [-0.25, -0.2) is 28.7 Å². The highest BCUT2D eigenvalue weighted by Crippen LogP contribution is 2.57. The van der Waals surface area contributed by atoms with Crippen molar-refractivity contribution in [3.63, 3.8) is 0 Å². The number of aryl methyl sites for hydroxylation is 3. The molecule has 0 radical (unpaired) electrons. The molecule has 8 aromatic heterocycles. The van der Waals surface area contributed by atoms with Crippen molar-refractivity contribution < 1.29 is 23.0 Å². The Balaban J connectivity index is 0.826. The molecule has 132 heavy (non-hydrogen) atoms. The van der Waals surface area contributed by atoms with Crippen LogP contribution in [-0.2, 0) is 12.8 Å². The van der Waals surface area contributed by atoms with E-state index in [1.807, 2.05) is 82.5 Å². The van der Waals surface area contributed by atoms with E-state index in [1.165, 1.54) is 166 Å². The minimum Gasteiger partial charge on any atom is -0.494 e. The van der Waals surface area contributed by atoms with Gasteiger partial charge in [0.1, 0.15) is 17.2 Å². The summed E-state index contributed by atoms with van der Waals surface area (Å²) in [6.45, 7) is 24.2. The molecule has 0 aliphatic rings. The Hall–Kier alpha value is -9.00. The van der Waals surface area contributed by atoms with Gasteiger partial charge in [0.25, 0.3) is 0 Å². The standard InChI is InChI=1S/C115H124Cl2F2N4O3S6/c1-11-18-23-26-29-32-59-124-81-46-36-43-78(66-81)108-107(77-42-35-39-72(8)62-77)121-111-86(50-49-73(9)106(111)120-108)95-57-55-93(128-95)84-51-52-85(105(119)104(84)118)94-56-58-96(129-94)87-53-54-88(113-112(87)122-109(79-44-37-47-82(67-79)125-60-33-30-27-24-19-12-2)110(123-113)80-45-38-48-83(68-80)126-61-34-31-28-25-20-13-3)97-69-90-103(101-71-92(117)99(131-101)65-76(17-7)41-22-15-5)114-89(63-74(10)127-114)102(115(90)132-97)100-70-91(116)98(130-100)64-75(16-6)40-21-14-4/h35-39,42-58,62-63,66-71,75-76H,11-34,40-41,59-61,64-65H2,1-10H3. The van der Waals surface area contributed by atoms with Gasteiger partial charge < -0.3 is 14.2 Å². The van der Waals surface area contributed by atoms with Crippen molar-refractivity contribution >= 4 is 133 Å².